The standard InChI is InChI=1S/C8H5N3O/c1-2-5-3-9-7-6(5)8(12)11-4-10-7/h1,3-4H,(H2,9,10,11,12). The molecule has 4 heteroatoms. The number of nitrogens with zero attached hydrogens (tertiary/aromatic N) is 1. The van der Waals surface area contributed by atoms with Crippen LogP contribution in [0.15, 0.2) is 17.3 Å². The Morgan fingerprint density at radius 3 is 3.08 bits per heavy atom. The summed E-state index contributed by atoms with van der Waals surface area (Å²) in [6, 6.07) is 0. The Bertz CT molecular complexity index is 515. The fraction of sp³-hybridized carbons (Fsp3) is 0. The van der Waals surface area contributed by atoms with Crippen LogP contribution in [0.3, 0.4) is 0 Å². The highest BCUT2D eigenvalue weighted by atomic mass is 16.1. The van der Waals surface area contributed by atoms with E-state index in [-0.39, 0.29) is 5.56 Å². The molecule has 2 heterocycles. The molecule has 0 aliphatic rings. The van der Waals surface area contributed by atoms with Crippen molar-refractivity contribution >= 4 is 11.0 Å². The smallest absolute Gasteiger partial charge is 0.261 e. The van der Waals surface area contributed by atoms with Crippen LogP contribution in [0.1, 0.15) is 5.56 Å². The minimum absolute atomic E-state index is 0.214. The molecule has 0 bridgehead atoms. The number of H-pyrrole nitrogens is 2. The lowest BCUT2D eigenvalue weighted by Crippen LogP contribution is -2.05. The Morgan fingerprint density at radius 2 is 2.33 bits per heavy atom. The second kappa shape index (κ2) is 2.24. The number of hydrogen-bond acceptors (Lipinski definition) is 2. The molecule has 0 spiro atoms. The third-order valence-corrected chi connectivity index (χ3v) is 1.63. The van der Waals surface area contributed by atoms with E-state index in [9.17, 15) is 4.79 Å². The number of fused-ring (bicyclic) bond motifs is 1. The number of nitrogens with one attached hydrogen (secondary N) is 2. The van der Waals surface area contributed by atoms with Crippen LogP contribution in [0, 0.1) is 12.3 Å². The van der Waals surface area contributed by atoms with Crippen molar-refractivity contribution < 1.29 is 0 Å². The molecule has 0 radical (unpaired) electrons. The molecule has 0 saturated carbocycles. The average Bonchev–Trinajstić information content (AvgIpc) is 2.49. The number of rotatable bonds is 0. The highest BCUT2D eigenvalue weighted by Gasteiger charge is 2.04. The van der Waals surface area contributed by atoms with Gasteiger partial charge in [-0.3, -0.25) is 4.79 Å². The van der Waals surface area contributed by atoms with Crippen LogP contribution >= 0.6 is 0 Å². The van der Waals surface area contributed by atoms with Gasteiger partial charge in [0.25, 0.3) is 5.56 Å². The van der Waals surface area contributed by atoms with Gasteiger partial charge < -0.3 is 9.97 Å². The zero-order chi connectivity index (χ0) is 8.55. The van der Waals surface area contributed by atoms with Gasteiger partial charge in [0.15, 0.2) is 0 Å². The molecule has 58 valence electrons. The zero-order valence-corrected chi connectivity index (χ0v) is 6.09. The van der Waals surface area contributed by atoms with Gasteiger partial charge in [-0.15, -0.1) is 6.42 Å². The monoisotopic (exact) mass is 159 g/mol. The normalized spacial score (nSPS) is 9.92. The van der Waals surface area contributed by atoms with Crippen LogP contribution < -0.4 is 5.56 Å². The largest absolute Gasteiger partial charge is 0.345 e. The molecule has 0 aromatic carbocycles. The molecule has 2 aromatic rings. The van der Waals surface area contributed by atoms with Crippen molar-refractivity contribution in [1.29, 1.82) is 0 Å². The number of terminal acetylenes is 1. The third-order valence-electron chi connectivity index (χ3n) is 1.63. The Balaban J connectivity index is 3.05. The molecule has 0 fully saturated rings. The van der Waals surface area contributed by atoms with E-state index in [0.29, 0.717) is 16.6 Å². The quantitative estimate of drug-likeness (QED) is 0.540. The summed E-state index contributed by atoms with van der Waals surface area (Å²) in [5.41, 5.74) is 0.847. The number of hydrogen-bond donors (Lipinski definition) is 2. The van der Waals surface area contributed by atoms with E-state index in [2.05, 4.69) is 20.9 Å². The molecule has 0 aliphatic carbocycles. The van der Waals surface area contributed by atoms with Gasteiger partial charge in [-0.05, 0) is 0 Å². The van der Waals surface area contributed by atoms with E-state index in [1.54, 1.807) is 6.20 Å². The van der Waals surface area contributed by atoms with Crippen molar-refractivity contribution in [3.8, 4) is 12.3 Å². The van der Waals surface area contributed by atoms with Gasteiger partial charge in [-0.2, -0.15) is 0 Å². The molecule has 4 nitrogen and oxygen atoms in total. The van der Waals surface area contributed by atoms with E-state index in [1.165, 1.54) is 6.33 Å². The molecule has 0 saturated heterocycles. The van der Waals surface area contributed by atoms with E-state index in [1.807, 2.05) is 0 Å². The van der Waals surface area contributed by atoms with Gasteiger partial charge in [0.2, 0.25) is 0 Å². The lowest BCUT2D eigenvalue weighted by atomic mass is 10.2. The molecule has 0 atom stereocenters. The summed E-state index contributed by atoms with van der Waals surface area (Å²) in [6.45, 7) is 0. The van der Waals surface area contributed by atoms with Crippen molar-refractivity contribution in [3.05, 3.63) is 28.4 Å². The summed E-state index contributed by atoms with van der Waals surface area (Å²) in [7, 11) is 0. The van der Waals surface area contributed by atoms with Crippen molar-refractivity contribution in [1.82, 2.24) is 15.0 Å². The summed E-state index contributed by atoms with van der Waals surface area (Å²) >= 11 is 0. The summed E-state index contributed by atoms with van der Waals surface area (Å²) in [6.07, 6.45) is 8.10. The fourth-order valence-corrected chi connectivity index (χ4v) is 1.09. The minimum atomic E-state index is -0.214. The highest BCUT2D eigenvalue weighted by Crippen LogP contribution is 2.08. The lowest BCUT2D eigenvalue weighted by Gasteiger charge is -1.85. The SMILES string of the molecule is C#Cc1c[nH]c2nc[nH]c(=O)c12. The first-order chi connectivity index (χ1) is 5.83. The molecular formula is C8H5N3O. The molecule has 12 heavy (non-hydrogen) atoms. The van der Waals surface area contributed by atoms with E-state index < -0.39 is 0 Å². The molecule has 2 aromatic heterocycles. The van der Waals surface area contributed by atoms with Crippen LogP contribution in [0.4, 0.5) is 0 Å². The van der Waals surface area contributed by atoms with Crippen LogP contribution in [0.25, 0.3) is 11.0 Å². The van der Waals surface area contributed by atoms with E-state index in [0.717, 1.165) is 0 Å². The Hall–Kier alpha value is -2.02. The minimum Gasteiger partial charge on any atom is -0.345 e. The van der Waals surface area contributed by atoms with Crippen LogP contribution in [0.2, 0.25) is 0 Å². The number of aromatic nitrogens is 3. The summed E-state index contributed by atoms with van der Waals surface area (Å²) in [5, 5.41) is 0.444. The van der Waals surface area contributed by atoms with Crippen molar-refractivity contribution in [2.45, 2.75) is 0 Å². The van der Waals surface area contributed by atoms with Gasteiger partial charge in [0.05, 0.1) is 17.3 Å². The van der Waals surface area contributed by atoms with E-state index >= 15 is 0 Å². The van der Waals surface area contributed by atoms with Gasteiger partial charge in [0, 0.05) is 6.20 Å². The van der Waals surface area contributed by atoms with Crippen LogP contribution in [-0.4, -0.2) is 15.0 Å². The predicted molar refractivity (Wildman–Crippen MR) is 44.6 cm³/mol. The van der Waals surface area contributed by atoms with Gasteiger partial charge in [0.1, 0.15) is 5.65 Å². The van der Waals surface area contributed by atoms with Crippen molar-refractivity contribution in [3.63, 3.8) is 0 Å². The molecule has 0 unspecified atom stereocenters. The fourth-order valence-electron chi connectivity index (χ4n) is 1.09. The van der Waals surface area contributed by atoms with Crippen molar-refractivity contribution in [2.75, 3.05) is 0 Å². The predicted octanol–water partition coefficient (Wildman–Crippen LogP) is 0.232. The highest BCUT2D eigenvalue weighted by molar-refractivity contribution is 5.81. The van der Waals surface area contributed by atoms with Gasteiger partial charge in [-0.25, -0.2) is 4.98 Å². The maximum atomic E-state index is 11.2. The Morgan fingerprint density at radius 1 is 1.50 bits per heavy atom. The maximum absolute atomic E-state index is 11.2. The Labute approximate surface area is 67.7 Å². The summed E-state index contributed by atoms with van der Waals surface area (Å²) in [5.74, 6) is 2.40. The van der Waals surface area contributed by atoms with Gasteiger partial charge >= 0.3 is 0 Å². The maximum Gasteiger partial charge on any atom is 0.261 e. The third kappa shape index (κ3) is 0.736. The first-order valence-corrected chi connectivity index (χ1v) is 3.34. The second-order valence-corrected chi connectivity index (χ2v) is 2.30. The average molecular weight is 159 g/mol. The first kappa shape index (κ1) is 6.68. The first-order valence-electron chi connectivity index (χ1n) is 3.34. The lowest BCUT2D eigenvalue weighted by molar-refractivity contribution is 1.16. The molecule has 2 N–H and O–H groups in total. The zero-order valence-electron chi connectivity index (χ0n) is 6.09. The molecule has 0 aliphatic heterocycles. The molecular weight excluding hydrogens is 154 g/mol. The van der Waals surface area contributed by atoms with E-state index in [4.69, 9.17) is 6.42 Å². The second-order valence-electron chi connectivity index (χ2n) is 2.30. The summed E-state index contributed by atoms with van der Waals surface area (Å²) < 4.78 is 0. The molecule has 2 rings (SSSR count). The van der Waals surface area contributed by atoms with Crippen LogP contribution in [0.5, 0.6) is 0 Å². The van der Waals surface area contributed by atoms with Gasteiger partial charge in [-0.1, -0.05) is 5.92 Å². The van der Waals surface area contributed by atoms with Crippen LogP contribution in [-0.2, 0) is 0 Å². The molecule has 0 amide bonds. The van der Waals surface area contributed by atoms with Crippen molar-refractivity contribution in [2.24, 2.45) is 0 Å². The number of aromatic amines is 2. The summed E-state index contributed by atoms with van der Waals surface area (Å²) in [4.78, 5) is 20.4. The topological polar surface area (TPSA) is 61.5 Å². The Kier molecular flexibility index (Phi) is 1.25.